The molecule has 2 aromatic carbocycles. The second-order valence-corrected chi connectivity index (χ2v) is 8.70. The van der Waals surface area contributed by atoms with Crippen LogP contribution >= 0.6 is 0 Å². The van der Waals surface area contributed by atoms with E-state index in [2.05, 4.69) is 15.4 Å². The van der Waals surface area contributed by atoms with Crippen LogP contribution in [-0.4, -0.2) is 45.0 Å². The topological polar surface area (TPSA) is 106 Å². The molecular weight excluding hydrogens is 432 g/mol. The number of carbonyl (C=O) groups excluding carboxylic acids is 1. The minimum Gasteiger partial charge on any atom is -0.496 e. The molecule has 8 heteroatoms. The molecular formula is C26H26N4O4. The van der Waals surface area contributed by atoms with Crippen LogP contribution in [0.1, 0.15) is 29.8 Å². The van der Waals surface area contributed by atoms with E-state index in [0.29, 0.717) is 22.2 Å². The van der Waals surface area contributed by atoms with E-state index >= 15 is 0 Å². The van der Waals surface area contributed by atoms with Gasteiger partial charge in [-0.1, -0.05) is 18.2 Å². The second-order valence-electron chi connectivity index (χ2n) is 8.70. The van der Waals surface area contributed by atoms with E-state index in [1.807, 2.05) is 37.3 Å². The van der Waals surface area contributed by atoms with E-state index in [9.17, 15) is 14.7 Å². The van der Waals surface area contributed by atoms with Crippen LogP contribution in [0.15, 0.2) is 65.7 Å². The highest BCUT2D eigenvalue weighted by atomic mass is 16.5. The number of nitrogens with one attached hydrogen (secondary N) is 1. The zero-order valence-electron chi connectivity index (χ0n) is 19.5. The van der Waals surface area contributed by atoms with Crippen LogP contribution < -0.4 is 15.6 Å². The standard InChI is InChI=1S/C26H26N4O4/c1-16-20(6-5-7-22(16)34-4)17-8-10-21-19(12-17)14-29-30(25(21)32)23-11-9-18(13-27-23)24(31)28-15-26(2,3)33/h5-14,33H,15H2,1-4H3,(H,28,31). The molecule has 1 amide bonds. The summed E-state index contributed by atoms with van der Waals surface area (Å²) in [4.78, 5) is 29.6. The fraction of sp³-hybridized carbons (Fsp3) is 0.231. The number of aromatic nitrogens is 3. The fourth-order valence-electron chi connectivity index (χ4n) is 3.67. The number of methoxy groups -OCH3 is 1. The lowest BCUT2D eigenvalue weighted by atomic mass is 9.98. The van der Waals surface area contributed by atoms with Crippen molar-refractivity contribution in [1.29, 1.82) is 0 Å². The average molecular weight is 459 g/mol. The molecule has 0 unspecified atom stereocenters. The molecule has 0 fully saturated rings. The number of carbonyl (C=O) groups is 1. The number of hydrogen-bond acceptors (Lipinski definition) is 6. The van der Waals surface area contributed by atoms with Crippen molar-refractivity contribution in [3.8, 4) is 22.7 Å². The van der Waals surface area contributed by atoms with Gasteiger partial charge in [0.15, 0.2) is 5.82 Å². The number of nitrogens with zero attached hydrogens (tertiary/aromatic N) is 3. The first-order valence-electron chi connectivity index (χ1n) is 10.8. The highest BCUT2D eigenvalue weighted by Gasteiger charge is 2.16. The van der Waals surface area contributed by atoms with Crippen molar-refractivity contribution in [1.82, 2.24) is 20.1 Å². The van der Waals surface area contributed by atoms with Gasteiger partial charge in [-0.05, 0) is 67.8 Å². The zero-order chi connectivity index (χ0) is 24.5. The molecule has 0 radical (unpaired) electrons. The van der Waals surface area contributed by atoms with Gasteiger partial charge in [-0.3, -0.25) is 9.59 Å². The minimum atomic E-state index is -1.02. The van der Waals surface area contributed by atoms with Gasteiger partial charge in [0.1, 0.15) is 5.75 Å². The molecule has 0 spiro atoms. The lowest BCUT2D eigenvalue weighted by molar-refractivity contribution is 0.0694. The van der Waals surface area contributed by atoms with Gasteiger partial charge in [0.2, 0.25) is 0 Å². The molecule has 0 aliphatic carbocycles. The molecule has 2 heterocycles. The predicted molar refractivity (Wildman–Crippen MR) is 130 cm³/mol. The highest BCUT2D eigenvalue weighted by molar-refractivity contribution is 5.94. The number of rotatable bonds is 6. The van der Waals surface area contributed by atoms with Gasteiger partial charge >= 0.3 is 0 Å². The Labute approximate surface area is 196 Å². The molecule has 0 atom stereocenters. The van der Waals surface area contributed by atoms with Crippen molar-refractivity contribution in [3.63, 3.8) is 0 Å². The van der Waals surface area contributed by atoms with Crippen molar-refractivity contribution in [2.75, 3.05) is 13.7 Å². The molecule has 4 aromatic rings. The van der Waals surface area contributed by atoms with Crippen molar-refractivity contribution < 1.29 is 14.6 Å². The van der Waals surface area contributed by atoms with E-state index in [4.69, 9.17) is 4.74 Å². The van der Waals surface area contributed by atoms with Crippen LogP contribution in [0.25, 0.3) is 27.7 Å². The Morgan fingerprint density at radius 1 is 1.15 bits per heavy atom. The van der Waals surface area contributed by atoms with E-state index in [1.165, 1.54) is 10.9 Å². The van der Waals surface area contributed by atoms with Crippen molar-refractivity contribution in [2.24, 2.45) is 0 Å². The summed E-state index contributed by atoms with van der Waals surface area (Å²) in [7, 11) is 1.64. The number of amides is 1. The number of aliphatic hydroxyl groups is 1. The van der Waals surface area contributed by atoms with Crippen LogP contribution in [0.4, 0.5) is 0 Å². The first-order valence-corrected chi connectivity index (χ1v) is 10.8. The molecule has 0 aliphatic heterocycles. The monoisotopic (exact) mass is 458 g/mol. The predicted octanol–water partition coefficient (Wildman–Crippen LogP) is 3.27. The summed E-state index contributed by atoms with van der Waals surface area (Å²) in [6.07, 6.45) is 3.00. The van der Waals surface area contributed by atoms with Crippen molar-refractivity contribution >= 4 is 16.7 Å². The van der Waals surface area contributed by atoms with Gasteiger partial charge in [-0.15, -0.1) is 0 Å². The Bertz CT molecular complexity index is 1420. The number of hydrogen-bond donors (Lipinski definition) is 2. The van der Waals surface area contributed by atoms with Gasteiger partial charge < -0.3 is 15.2 Å². The summed E-state index contributed by atoms with van der Waals surface area (Å²) in [6.45, 7) is 5.31. The Morgan fingerprint density at radius 2 is 1.94 bits per heavy atom. The molecule has 0 bridgehead atoms. The molecule has 174 valence electrons. The van der Waals surface area contributed by atoms with Crippen molar-refractivity contribution in [3.05, 3.63) is 82.4 Å². The third kappa shape index (κ3) is 4.67. The van der Waals surface area contributed by atoms with E-state index in [1.54, 1.807) is 45.4 Å². The van der Waals surface area contributed by atoms with E-state index in [-0.39, 0.29) is 18.0 Å². The van der Waals surface area contributed by atoms with E-state index in [0.717, 1.165) is 22.4 Å². The summed E-state index contributed by atoms with van der Waals surface area (Å²) in [5.74, 6) is 0.744. The summed E-state index contributed by atoms with van der Waals surface area (Å²) in [5.41, 5.74) is 1.99. The molecule has 4 rings (SSSR count). The zero-order valence-corrected chi connectivity index (χ0v) is 19.5. The summed E-state index contributed by atoms with van der Waals surface area (Å²) in [6, 6.07) is 14.6. The SMILES string of the molecule is COc1cccc(-c2ccc3c(=O)n(-c4ccc(C(=O)NCC(C)(C)O)cn4)ncc3c2)c1C. The van der Waals surface area contributed by atoms with Crippen LogP contribution in [-0.2, 0) is 0 Å². The maximum absolute atomic E-state index is 13.1. The lowest BCUT2D eigenvalue weighted by Crippen LogP contribution is -2.38. The van der Waals surface area contributed by atoms with Crippen LogP contribution in [0.2, 0.25) is 0 Å². The summed E-state index contributed by atoms with van der Waals surface area (Å²) in [5, 5.41) is 17.9. The Kier molecular flexibility index (Phi) is 6.17. The third-order valence-electron chi connectivity index (χ3n) is 5.51. The fourth-order valence-corrected chi connectivity index (χ4v) is 3.67. The second kappa shape index (κ2) is 9.07. The average Bonchev–Trinajstić information content (AvgIpc) is 2.82. The van der Waals surface area contributed by atoms with Crippen LogP contribution in [0.3, 0.4) is 0 Å². The van der Waals surface area contributed by atoms with Gasteiger partial charge in [0.05, 0.1) is 29.9 Å². The molecule has 2 aromatic heterocycles. The summed E-state index contributed by atoms with van der Waals surface area (Å²) >= 11 is 0. The van der Waals surface area contributed by atoms with E-state index < -0.39 is 5.60 Å². The maximum atomic E-state index is 13.1. The normalized spacial score (nSPS) is 11.4. The Morgan fingerprint density at radius 3 is 2.62 bits per heavy atom. The number of fused-ring (bicyclic) bond motifs is 1. The molecule has 8 nitrogen and oxygen atoms in total. The molecule has 34 heavy (non-hydrogen) atoms. The van der Waals surface area contributed by atoms with Crippen molar-refractivity contribution in [2.45, 2.75) is 26.4 Å². The largest absolute Gasteiger partial charge is 0.496 e. The smallest absolute Gasteiger partial charge is 0.280 e. The third-order valence-corrected chi connectivity index (χ3v) is 5.51. The van der Waals surface area contributed by atoms with Gasteiger partial charge in [0, 0.05) is 18.1 Å². The number of ether oxygens (including phenoxy) is 1. The molecule has 2 N–H and O–H groups in total. The highest BCUT2D eigenvalue weighted by Crippen LogP contribution is 2.31. The first-order chi connectivity index (χ1) is 16.2. The molecule has 0 aliphatic rings. The molecule has 0 saturated carbocycles. The summed E-state index contributed by atoms with van der Waals surface area (Å²) < 4.78 is 6.63. The quantitative estimate of drug-likeness (QED) is 0.459. The number of benzene rings is 2. The van der Waals surface area contributed by atoms with Gasteiger partial charge in [-0.25, -0.2) is 4.98 Å². The lowest BCUT2D eigenvalue weighted by Gasteiger charge is -2.17. The van der Waals surface area contributed by atoms with Crippen LogP contribution in [0, 0.1) is 6.92 Å². The Balaban J connectivity index is 1.64. The maximum Gasteiger partial charge on any atom is 0.280 e. The van der Waals surface area contributed by atoms with Gasteiger partial charge in [0.25, 0.3) is 11.5 Å². The Hall–Kier alpha value is -4.04. The minimum absolute atomic E-state index is 0.108. The van der Waals surface area contributed by atoms with Crippen LogP contribution in [0.5, 0.6) is 5.75 Å². The van der Waals surface area contributed by atoms with Gasteiger partial charge in [-0.2, -0.15) is 9.78 Å². The first kappa shape index (κ1) is 23.1. The number of pyridine rings is 1. The molecule has 0 saturated heterocycles.